The van der Waals surface area contributed by atoms with Crippen molar-refractivity contribution in [1.82, 2.24) is 0 Å². The summed E-state index contributed by atoms with van der Waals surface area (Å²) < 4.78 is 1.53. The van der Waals surface area contributed by atoms with Crippen molar-refractivity contribution in [3.05, 3.63) is 63.5 Å². The minimum atomic E-state index is -0.0809. The molecule has 0 saturated carbocycles. The highest BCUT2D eigenvalue weighted by Crippen LogP contribution is 2.36. The van der Waals surface area contributed by atoms with Crippen molar-refractivity contribution in [3.63, 3.8) is 0 Å². The number of hydrogen-bond acceptors (Lipinski definition) is 4. The molecular formula is C18H15BrN2OS2. The van der Waals surface area contributed by atoms with Crippen LogP contribution < -0.4 is 9.80 Å². The molecule has 1 aliphatic heterocycles. The number of benzene rings is 2. The van der Waals surface area contributed by atoms with Gasteiger partial charge >= 0.3 is 0 Å². The maximum atomic E-state index is 12.8. The first-order chi connectivity index (χ1) is 11.5. The number of rotatable bonds is 3. The Balaban J connectivity index is 1.89. The van der Waals surface area contributed by atoms with Gasteiger partial charge in [-0.3, -0.25) is 9.69 Å². The molecule has 1 heterocycles. The number of thioether (sulfide) groups is 1. The largest absolute Gasteiger partial charge is 0.378 e. The van der Waals surface area contributed by atoms with Crippen molar-refractivity contribution >= 4 is 67.6 Å². The predicted octanol–water partition coefficient (Wildman–Crippen LogP) is 4.92. The van der Waals surface area contributed by atoms with E-state index in [0.29, 0.717) is 9.23 Å². The molecule has 1 fully saturated rings. The molecule has 0 aliphatic carbocycles. The molecule has 24 heavy (non-hydrogen) atoms. The molecule has 0 radical (unpaired) electrons. The fourth-order valence-corrected chi connectivity index (χ4v) is 4.05. The summed E-state index contributed by atoms with van der Waals surface area (Å²) in [6, 6.07) is 15.6. The van der Waals surface area contributed by atoms with Crippen LogP contribution in [0.4, 0.5) is 11.4 Å². The van der Waals surface area contributed by atoms with Crippen molar-refractivity contribution in [2.75, 3.05) is 23.9 Å². The van der Waals surface area contributed by atoms with Gasteiger partial charge in [0, 0.05) is 24.3 Å². The van der Waals surface area contributed by atoms with Crippen LogP contribution in [0.5, 0.6) is 0 Å². The quantitative estimate of drug-likeness (QED) is 0.521. The zero-order valence-corrected chi connectivity index (χ0v) is 16.4. The second-order valence-corrected chi connectivity index (χ2v) is 8.07. The van der Waals surface area contributed by atoms with E-state index in [1.165, 1.54) is 11.8 Å². The van der Waals surface area contributed by atoms with Crippen LogP contribution in [-0.2, 0) is 4.79 Å². The number of anilines is 2. The Bertz CT molecular complexity index is 831. The van der Waals surface area contributed by atoms with E-state index in [2.05, 4.69) is 15.9 Å². The van der Waals surface area contributed by atoms with Gasteiger partial charge in [-0.25, -0.2) is 0 Å². The second kappa shape index (κ2) is 7.09. The van der Waals surface area contributed by atoms with Crippen LogP contribution in [0.1, 0.15) is 5.56 Å². The van der Waals surface area contributed by atoms with E-state index in [4.69, 9.17) is 12.2 Å². The molecule has 3 rings (SSSR count). The van der Waals surface area contributed by atoms with E-state index < -0.39 is 0 Å². The van der Waals surface area contributed by atoms with Crippen molar-refractivity contribution in [2.45, 2.75) is 0 Å². The minimum Gasteiger partial charge on any atom is -0.378 e. The zero-order chi connectivity index (χ0) is 17.3. The highest BCUT2D eigenvalue weighted by atomic mass is 79.9. The van der Waals surface area contributed by atoms with Crippen molar-refractivity contribution in [2.24, 2.45) is 0 Å². The number of carbonyl (C=O) groups is 1. The fourth-order valence-electron chi connectivity index (χ4n) is 2.34. The van der Waals surface area contributed by atoms with Crippen LogP contribution in [0.3, 0.4) is 0 Å². The van der Waals surface area contributed by atoms with Gasteiger partial charge in [-0.2, -0.15) is 0 Å². The molecule has 0 aromatic heterocycles. The third-order valence-corrected chi connectivity index (χ3v) is 5.36. The number of carbonyl (C=O) groups excluding carboxylic acids is 1. The third kappa shape index (κ3) is 3.55. The van der Waals surface area contributed by atoms with E-state index in [9.17, 15) is 4.79 Å². The van der Waals surface area contributed by atoms with E-state index in [-0.39, 0.29) is 5.91 Å². The van der Waals surface area contributed by atoms with Gasteiger partial charge < -0.3 is 4.90 Å². The van der Waals surface area contributed by atoms with E-state index in [0.717, 1.165) is 21.4 Å². The Morgan fingerprint density at radius 1 is 1.17 bits per heavy atom. The normalized spacial score (nSPS) is 16.1. The van der Waals surface area contributed by atoms with Crippen molar-refractivity contribution in [1.29, 1.82) is 0 Å². The molecule has 0 bridgehead atoms. The lowest BCUT2D eigenvalue weighted by molar-refractivity contribution is -0.113. The summed E-state index contributed by atoms with van der Waals surface area (Å²) in [5.74, 6) is -0.0809. The Morgan fingerprint density at radius 3 is 2.50 bits per heavy atom. The smallest absolute Gasteiger partial charge is 0.270 e. The van der Waals surface area contributed by atoms with Gasteiger partial charge in [0.25, 0.3) is 5.91 Å². The van der Waals surface area contributed by atoms with Gasteiger partial charge in [0.15, 0.2) is 4.32 Å². The molecule has 0 spiro atoms. The molecule has 2 aromatic rings. The lowest BCUT2D eigenvalue weighted by atomic mass is 10.2. The first-order valence-electron chi connectivity index (χ1n) is 7.26. The van der Waals surface area contributed by atoms with Crippen LogP contribution in [-0.4, -0.2) is 24.3 Å². The third-order valence-electron chi connectivity index (χ3n) is 3.56. The molecule has 3 nitrogen and oxygen atoms in total. The molecule has 1 saturated heterocycles. The van der Waals surface area contributed by atoms with Gasteiger partial charge in [0.1, 0.15) is 0 Å². The predicted molar refractivity (Wildman–Crippen MR) is 111 cm³/mol. The molecule has 0 N–H and O–H groups in total. The van der Waals surface area contributed by atoms with E-state index >= 15 is 0 Å². The van der Waals surface area contributed by atoms with Crippen LogP contribution in [0.15, 0.2) is 57.9 Å². The van der Waals surface area contributed by atoms with Crippen molar-refractivity contribution < 1.29 is 4.79 Å². The maximum absolute atomic E-state index is 12.8. The highest BCUT2D eigenvalue weighted by Gasteiger charge is 2.33. The number of thiocarbonyl (C=S) groups is 1. The van der Waals surface area contributed by atoms with Gasteiger partial charge in [0.05, 0.1) is 10.6 Å². The van der Waals surface area contributed by atoms with Gasteiger partial charge in [-0.15, -0.1) is 0 Å². The molecule has 0 unspecified atom stereocenters. The summed E-state index contributed by atoms with van der Waals surface area (Å²) in [5, 5.41) is 0. The first-order valence-corrected chi connectivity index (χ1v) is 9.28. The molecule has 122 valence electrons. The number of amides is 1. The monoisotopic (exact) mass is 418 g/mol. The Labute approximate surface area is 159 Å². The molecule has 6 heteroatoms. The van der Waals surface area contributed by atoms with Gasteiger partial charge in [-0.1, -0.05) is 52.0 Å². The van der Waals surface area contributed by atoms with Crippen LogP contribution in [0.2, 0.25) is 0 Å². The standard InChI is InChI=1S/C18H15BrN2OS2/c1-20(2)14-6-8-15(9-7-14)21-17(22)16(24-18(21)23)11-12-4-3-5-13(19)10-12/h3-11H,1-2H3. The van der Waals surface area contributed by atoms with Gasteiger partial charge in [-0.05, 0) is 48.0 Å². The number of halogens is 1. The summed E-state index contributed by atoms with van der Waals surface area (Å²) >= 11 is 10.2. The number of nitrogens with zero attached hydrogens (tertiary/aromatic N) is 2. The Hall–Kier alpha value is -1.63. The average molecular weight is 419 g/mol. The maximum Gasteiger partial charge on any atom is 0.270 e. The summed E-state index contributed by atoms with van der Waals surface area (Å²) in [5.41, 5.74) is 2.84. The highest BCUT2D eigenvalue weighted by molar-refractivity contribution is 9.10. The van der Waals surface area contributed by atoms with E-state index in [1.807, 2.05) is 73.6 Å². The van der Waals surface area contributed by atoms with Gasteiger partial charge in [0.2, 0.25) is 0 Å². The van der Waals surface area contributed by atoms with Crippen LogP contribution >= 0.6 is 39.9 Å². The van der Waals surface area contributed by atoms with Crippen LogP contribution in [0, 0.1) is 0 Å². The van der Waals surface area contributed by atoms with Crippen LogP contribution in [0.25, 0.3) is 6.08 Å². The summed E-state index contributed by atoms with van der Waals surface area (Å²) in [6.45, 7) is 0. The second-order valence-electron chi connectivity index (χ2n) is 5.48. The number of hydrogen-bond donors (Lipinski definition) is 0. The SMILES string of the molecule is CN(C)c1ccc(N2C(=O)C(=Cc3cccc(Br)c3)SC2=S)cc1. The summed E-state index contributed by atoms with van der Waals surface area (Å²) in [4.78, 5) is 17.0. The summed E-state index contributed by atoms with van der Waals surface area (Å²) in [7, 11) is 3.96. The Kier molecular flexibility index (Phi) is 5.08. The molecular weight excluding hydrogens is 404 g/mol. The molecule has 2 aromatic carbocycles. The Morgan fingerprint density at radius 2 is 1.88 bits per heavy atom. The molecule has 1 amide bonds. The average Bonchev–Trinajstić information content (AvgIpc) is 2.81. The van der Waals surface area contributed by atoms with Crippen molar-refractivity contribution in [3.8, 4) is 0 Å². The molecule has 1 aliphatic rings. The summed E-state index contributed by atoms with van der Waals surface area (Å²) in [6.07, 6.45) is 1.87. The lowest BCUT2D eigenvalue weighted by Crippen LogP contribution is -2.27. The van der Waals surface area contributed by atoms with E-state index in [1.54, 1.807) is 4.90 Å². The molecule has 0 atom stereocenters. The lowest BCUT2D eigenvalue weighted by Gasteiger charge is -2.17. The fraction of sp³-hybridized carbons (Fsp3) is 0.111. The first kappa shape index (κ1) is 17.2. The minimum absolute atomic E-state index is 0.0809. The topological polar surface area (TPSA) is 23.6 Å². The zero-order valence-electron chi connectivity index (χ0n) is 13.2.